The Morgan fingerprint density at radius 3 is 2.27 bits per heavy atom. The SMILES string of the molecule is Cn1cn[n+]([O-])c1C(C)(C)C. The smallest absolute Gasteiger partial charge is 0.287 e. The van der Waals surface area contributed by atoms with E-state index in [4.69, 9.17) is 0 Å². The second-order valence-corrected chi connectivity index (χ2v) is 3.69. The van der Waals surface area contributed by atoms with Gasteiger partial charge in [0.2, 0.25) is 6.33 Å². The van der Waals surface area contributed by atoms with E-state index in [1.807, 2.05) is 27.8 Å². The molecule has 0 aliphatic rings. The minimum Gasteiger partial charge on any atom is -0.691 e. The molecule has 0 bridgehead atoms. The molecule has 0 N–H and O–H groups in total. The standard InChI is InChI=1S/C7H13N3O/c1-7(2,3)6-9(4)5-8-10(6)11/h5H,1-4H3. The van der Waals surface area contributed by atoms with Gasteiger partial charge in [0, 0.05) is 0 Å². The molecule has 1 aromatic rings. The van der Waals surface area contributed by atoms with E-state index < -0.39 is 0 Å². The first kappa shape index (κ1) is 8.04. The highest BCUT2D eigenvalue weighted by atomic mass is 16.5. The summed E-state index contributed by atoms with van der Waals surface area (Å²) in [4.78, 5) is 0.667. The summed E-state index contributed by atoms with van der Waals surface area (Å²) in [5, 5.41) is 14.7. The van der Waals surface area contributed by atoms with Crippen LogP contribution in [0.15, 0.2) is 6.33 Å². The van der Waals surface area contributed by atoms with Crippen LogP contribution in [0.25, 0.3) is 0 Å². The molecular formula is C7H13N3O. The molecule has 11 heavy (non-hydrogen) atoms. The molecule has 0 atom stereocenters. The Kier molecular flexibility index (Phi) is 1.62. The Bertz CT molecular complexity index is 240. The van der Waals surface area contributed by atoms with Crippen LogP contribution >= 0.6 is 0 Å². The molecule has 4 heteroatoms. The first-order valence-electron chi connectivity index (χ1n) is 3.54. The molecule has 0 aromatic carbocycles. The van der Waals surface area contributed by atoms with E-state index in [0.717, 1.165) is 0 Å². The first-order chi connectivity index (χ1) is 4.93. The lowest BCUT2D eigenvalue weighted by Gasteiger charge is -2.14. The van der Waals surface area contributed by atoms with E-state index in [2.05, 4.69) is 5.10 Å². The summed E-state index contributed by atoms with van der Waals surface area (Å²) in [6.45, 7) is 5.95. The zero-order valence-corrected chi connectivity index (χ0v) is 7.33. The molecule has 0 saturated heterocycles. The van der Waals surface area contributed by atoms with Crippen molar-refractivity contribution in [2.45, 2.75) is 26.2 Å². The molecule has 0 fully saturated rings. The Balaban J connectivity index is 3.21. The number of aryl methyl sites for hydroxylation is 1. The molecule has 1 heterocycles. The predicted molar refractivity (Wildman–Crippen MR) is 40.9 cm³/mol. The van der Waals surface area contributed by atoms with Crippen LogP contribution in [0.4, 0.5) is 0 Å². The van der Waals surface area contributed by atoms with Crippen molar-refractivity contribution in [1.29, 1.82) is 0 Å². The van der Waals surface area contributed by atoms with Gasteiger partial charge in [0.15, 0.2) is 0 Å². The average molecular weight is 155 g/mol. The lowest BCUT2D eigenvalue weighted by molar-refractivity contribution is -0.677. The zero-order chi connectivity index (χ0) is 8.65. The number of rotatable bonds is 0. The van der Waals surface area contributed by atoms with Gasteiger partial charge in [-0.1, -0.05) is 0 Å². The van der Waals surface area contributed by atoms with E-state index in [9.17, 15) is 5.21 Å². The van der Waals surface area contributed by atoms with E-state index in [1.165, 1.54) is 6.33 Å². The van der Waals surface area contributed by atoms with E-state index in [0.29, 0.717) is 10.7 Å². The molecule has 0 aliphatic heterocycles. The minimum atomic E-state index is -0.146. The summed E-state index contributed by atoms with van der Waals surface area (Å²) in [5.74, 6) is 0.678. The van der Waals surface area contributed by atoms with E-state index in [-0.39, 0.29) is 5.41 Å². The van der Waals surface area contributed by atoms with Crippen molar-refractivity contribution in [3.8, 4) is 0 Å². The first-order valence-corrected chi connectivity index (χ1v) is 3.54. The van der Waals surface area contributed by atoms with E-state index >= 15 is 0 Å². The van der Waals surface area contributed by atoms with Crippen molar-refractivity contribution in [1.82, 2.24) is 9.67 Å². The molecule has 62 valence electrons. The van der Waals surface area contributed by atoms with Crippen LogP contribution in [0, 0.1) is 5.21 Å². The maximum absolute atomic E-state index is 11.1. The predicted octanol–water partition coefficient (Wildman–Crippen LogP) is 0.351. The molecule has 0 radical (unpaired) electrons. The summed E-state index contributed by atoms with van der Waals surface area (Å²) in [7, 11) is 1.82. The fraction of sp³-hybridized carbons (Fsp3) is 0.714. The van der Waals surface area contributed by atoms with Gasteiger partial charge in [0.25, 0.3) is 5.82 Å². The molecule has 0 unspecified atom stereocenters. The maximum Gasteiger partial charge on any atom is 0.287 e. The van der Waals surface area contributed by atoms with Gasteiger partial charge in [-0.15, -0.1) is 4.85 Å². The monoisotopic (exact) mass is 155 g/mol. The molecule has 0 amide bonds. The Morgan fingerprint density at radius 2 is 2.09 bits per heavy atom. The fourth-order valence-electron chi connectivity index (χ4n) is 1.18. The second-order valence-electron chi connectivity index (χ2n) is 3.69. The van der Waals surface area contributed by atoms with Crippen molar-refractivity contribution in [2.75, 3.05) is 0 Å². The van der Waals surface area contributed by atoms with Crippen molar-refractivity contribution in [3.05, 3.63) is 17.4 Å². The van der Waals surface area contributed by atoms with E-state index in [1.54, 1.807) is 4.57 Å². The maximum atomic E-state index is 11.1. The normalized spacial score (nSPS) is 12.0. The summed E-state index contributed by atoms with van der Waals surface area (Å²) < 4.78 is 1.74. The van der Waals surface area contributed by atoms with Crippen molar-refractivity contribution < 1.29 is 4.85 Å². The molecule has 4 nitrogen and oxygen atoms in total. The molecule has 1 rings (SSSR count). The van der Waals surface area contributed by atoms with Gasteiger partial charge in [0.05, 0.1) is 12.5 Å². The van der Waals surface area contributed by atoms with Crippen molar-refractivity contribution >= 4 is 0 Å². The summed E-state index contributed by atoms with van der Waals surface area (Å²) in [5.41, 5.74) is -0.146. The summed E-state index contributed by atoms with van der Waals surface area (Å²) >= 11 is 0. The fourth-order valence-corrected chi connectivity index (χ4v) is 1.18. The van der Waals surface area contributed by atoms with Crippen LogP contribution in [0.1, 0.15) is 26.6 Å². The number of hydrogen-bond acceptors (Lipinski definition) is 2. The lowest BCUT2D eigenvalue weighted by atomic mass is 9.96. The topological polar surface area (TPSA) is 44.8 Å². The van der Waals surface area contributed by atoms with Crippen LogP contribution in [0.2, 0.25) is 0 Å². The van der Waals surface area contributed by atoms with Crippen LogP contribution < -0.4 is 4.85 Å². The molecule has 0 saturated carbocycles. The molecule has 1 aromatic heterocycles. The van der Waals surface area contributed by atoms with Crippen LogP contribution in [-0.2, 0) is 12.5 Å². The average Bonchev–Trinajstić information content (AvgIpc) is 2.08. The third-order valence-corrected chi connectivity index (χ3v) is 1.52. The molecule has 0 aliphatic carbocycles. The van der Waals surface area contributed by atoms with Gasteiger partial charge < -0.3 is 5.21 Å². The number of nitrogens with zero attached hydrogens (tertiary/aromatic N) is 3. The lowest BCUT2D eigenvalue weighted by Crippen LogP contribution is -2.40. The van der Waals surface area contributed by atoms with Crippen molar-refractivity contribution in [3.63, 3.8) is 0 Å². The van der Waals surface area contributed by atoms with Crippen LogP contribution in [0.3, 0.4) is 0 Å². The summed E-state index contributed by atoms with van der Waals surface area (Å²) in [6, 6.07) is 0. The van der Waals surface area contributed by atoms with Gasteiger partial charge in [-0.3, -0.25) is 0 Å². The van der Waals surface area contributed by atoms with Gasteiger partial charge in [-0.25, -0.2) is 4.57 Å². The number of hydrogen-bond donors (Lipinski definition) is 0. The number of aromatic nitrogens is 3. The Hall–Kier alpha value is -1.06. The zero-order valence-electron chi connectivity index (χ0n) is 7.33. The summed E-state index contributed by atoms with van der Waals surface area (Å²) in [6.07, 6.45) is 1.52. The van der Waals surface area contributed by atoms with Crippen LogP contribution in [-0.4, -0.2) is 9.67 Å². The Labute approximate surface area is 66.0 Å². The largest absolute Gasteiger partial charge is 0.691 e. The Morgan fingerprint density at radius 1 is 1.55 bits per heavy atom. The van der Waals surface area contributed by atoms with Gasteiger partial charge in [-0.2, -0.15) is 0 Å². The van der Waals surface area contributed by atoms with Gasteiger partial charge in [-0.05, 0) is 25.9 Å². The second kappa shape index (κ2) is 2.22. The minimum absolute atomic E-state index is 0.146. The molecular weight excluding hydrogens is 142 g/mol. The van der Waals surface area contributed by atoms with Gasteiger partial charge in [0.1, 0.15) is 0 Å². The van der Waals surface area contributed by atoms with Gasteiger partial charge >= 0.3 is 0 Å². The van der Waals surface area contributed by atoms with Crippen molar-refractivity contribution in [2.24, 2.45) is 7.05 Å². The molecule has 0 spiro atoms. The third kappa shape index (κ3) is 1.34. The highest BCUT2D eigenvalue weighted by Crippen LogP contribution is 2.16. The van der Waals surface area contributed by atoms with Crippen LogP contribution in [0.5, 0.6) is 0 Å². The third-order valence-electron chi connectivity index (χ3n) is 1.52. The highest BCUT2D eigenvalue weighted by Gasteiger charge is 2.27. The highest BCUT2D eigenvalue weighted by molar-refractivity contribution is 4.95. The quantitative estimate of drug-likeness (QED) is 0.401.